The normalized spacial score (nSPS) is 13.9. The van der Waals surface area contributed by atoms with Crippen LogP contribution < -0.4 is 4.90 Å². The van der Waals surface area contributed by atoms with Crippen LogP contribution in [0.15, 0.2) is 66.7 Å². The summed E-state index contributed by atoms with van der Waals surface area (Å²) in [6, 6.07) is 24.8. The highest BCUT2D eigenvalue weighted by Crippen LogP contribution is 2.46. The van der Waals surface area contributed by atoms with E-state index in [2.05, 4.69) is 113 Å². The quantitative estimate of drug-likeness (QED) is 0.333. The van der Waals surface area contributed by atoms with Gasteiger partial charge in [-0.2, -0.15) is 0 Å². The highest BCUT2D eigenvalue weighted by atomic mass is 15.2. The molecule has 0 aromatic heterocycles. The highest BCUT2D eigenvalue weighted by molar-refractivity contribution is 5.84. The number of hydrogen-bond acceptors (Lipinski definition) is 1. The van der Waals surface area contributed by atoms with Gasteiger partial charge in [-0.1, -0.05) is 84.0 Å². The summed E-state index contributed by atoms with van der Waals surface area (Å²) in [5, 5.41) is 0. The number of fused-ring (bicyclic) bond motifs is 2. The van der Waals surface area contributed by atoms with Crippen molar-refractivity contribution >= 4 is 17.1 Å². The zero-order chi connectivity index (χ0) is 20.1. The Kier molecular flexibility index (Phi) is 4.38. The van der Waals surface area contributed by atoms with Crippen LogP contribution in [0.3, 0.4) is 0 Å². The largest absolute Gasteiger partial charge is 0.310 e. The van der Waals surface area contributed by atoms with E-state index in [-0.39, 0.29) is 10.8 Å². The minimum Gasteiger partial charge on any atom is -0.310 e. The van der Waals surface area contributed by atoms with E-state index in [1.165, 1.54) is 39.3 Å². The zero-order valence-electron chi connectivity index (χ0n) is 18.0. The summed E-state index contributed by atoms with van der Waals surface area (Å²) in [6.45, 7) is 13.7. The van der Waals surface area contributed by atoms with Gasteiger partial charge in [-0.05, 0) is 57.3 Å². The van der Waals surface area contributed by atoms with E-state index in [1.807, 2.05) is 0 Å². The molecular weight excluding hydrogens is 338 g/mol. The van der Waals surface area contributed by atoms with Crippen LogP contribution in [-0.2, 0) is 17.3 Å². The van der Waals surface area contributed by atoms with Crippen LogP contribution in [-0.4, -0.2) is 0 Å². The third kappa shape index (κ3) is 3.35. The van der Waals surface area contributed by atoms with E-state index >= 15 is 0 Å². The topological polar surface area (TPSA) is 3.24 Å². The lowest BCUT2D eigenvalue weighted by atomic mass is 9.82. The fourth-order valence-electron chi connectivity index (χ4n) is 3.97. The minimum atomic E-state index is 0.130. The first-order chi connectivity index (χ1) is 13.1. The Morgan fingerprint density at radius 1 is 0.607 bits per heavy atom. The van der Waals surface area contributed by atoms with Gasteiger partial charge in [0.25, 0.3) is 0 Å². The van der Waals surface area contributed by atoms with Crippen molar-refractivity contribution in [1.82, 2.24) is 0 Å². The first-order valence-corrected chi connectivity index (χ1v) is 10.3. The highest BCUT2D eigenvalue weighted by Gasteiger charge is 2.27. The summed E-state index contributed by atoms with van der Waals surface area (Å²) in [5.74, 6) is 0. The maximum atomic E-state index is 2.46. The van der Waals surface area contributed by atoms with Crippen molar-refractivity contribution in [2.45, 2.75) is 58.8 Å². The summed E-state index contributed by atoms with van der Waals surface area (Å²) >= 11 is 0. The van der Waals surface area contributed by atoms with Gasteiger partial charge in [-0.3, -0.25) is 0 Å². The van der Waals surface area contributed by atoms with Crippen molar-refractivity contribution in [3.05, 3.63) is 89.0 Å². The van der Waals surface area contributed by atoms with Crippen LogP contribution in [0.5, 0.6) is 0 Å². The molecule has 0 amide bonds. The second-order valence-corrected chi connectivity index (χ2v) is 10.0. The van der Waals surface area contributed by atoms with E-state index in [9.17, 15) is 0 Å². The van der Waals surface area contributed by atoms with E-state index in [1.54, 1.807) is 0 Å². The van der Waals surface area contributed by atoms with Gasteiger partial charge in [0.1, 0.15) is 0 Å². The zero-order valence-corrected chi connectivity index (χ0v) is 18.0. The molecular formula is C27H31N. The SMILES string of the molecule is CC(C)(C)c1ccc2c(c1)N(c1ccccc1)c1cc(C(C)(C)C)ccc1C2. The van der Waals surface area contributed by atoms with Crippen molar-refractivity contribution in [2.75, 3.05) is 4.90 Å². The van der Waals surface area contributed by atoms with Gasteiger partial charge in [0.05, 0.1) is 0 Å². The molecule has 0 N–H and O–H groups in total. The number of para-hydroxylation sites is 1. The Morgan fingerprint density at radius 3 is 1.50 bits per heavy atom. The van der Waals surface area contributed by atoms with Gasteiger partial charge >= 0.3 is 0 Å². The smallest absolute Gasteiger partial charge is 0.0500 e. The summed E-state index contributed by atoms with van der Waals surface area (Å²) < 4.78 is 0. The molecule has 0 bridgehead atoms. The maximum Gasteiger partial charge on any atom is 0.0500 e. The molecule has 1 heteroatoms. The van der Waals surface area contributed by atoms with Crippen LogP contribution in [0.2, 0.25) is 0 Å². The van der Waals surface area contributed by atoms with E-state index in [0.717, 1.165) is 6.42 Å². The number of benzene rings is 3. The molecule has 28 heavy (non-hydrogen) atoms. The lowest BCUT2D eigenvalue weighted by Gasteiger charge is -2.36. The average Bonchev–Trinajstić information content (AvgIpc) is 2.64. The van der Waals surface area contributed by atoms with Crippen LogP contribution in [0, 0.1) is 0 Å². The molecule has 0 atom stereocenters. The number of hydrogen-bond donors (Lipinski definition) is 0. The predicted molar refractivity (Wildman–Crippen MR) is 121 cm³/mol. The molecule has 0 saturated heterocycles. The molecule has 0 aliphatic carbocycles. The molecule has 0 unspecified atom stereocenters. The van der Waals surface area contributed by atoms with Crippen LogP contribution in [0.1, 0.15) is 63.8 Å². The van der Waals surface area contributed by atoms with E-state index in [4.69, 9.17) is 0 Å². The fraction of sp³-hybridized carbons (Fsp3) is 0.333. The third-order valence-electron chi connectivity index (χ3n) is 5.78. The first-order valence-electron chi connectivity index (χ1n) is 10.3. The standard InChI is InChI=1S/C27H31N/c1-26(2,3)21-14-12-19-16-20-13-15-22(27(4,5)6)18-25(20)28(24(19)17-21)23-10-8-7-9-11-23/h7-15,17-18H,16H2,1-6H3. The maximum absolute atomic E-state index is 2.46. The van der Waals surface area contributed by atoms with Crippen molar-refractivity contribution in [1.29, 1.82) is 0 Å². The molecule has 3 aromatic carbocycles. The van der Waals surface area contributed by atoms with E-state index in [0.29, 0.717) is 0 Å². The molecule has 0 spiro atoms. The van der Waals surface area contributed by atoms with Gasteiger partial charge < -0.3 is 4.90 Å². The second-order valence-electron chi connectivity index (χ2n) is 10.0. The molecule has 144 valence electrons. The van der Waals surface area contributed by atoms with Gasteiger partial charge in [-0.25, -0.2) is 0 Å². The summed E-state index contributed by atoms with van der Waals surface area (Å²) in [5.41, 5.74) is 9.66. The van der Waals surface area contributed by atoms with Crippen LogP contribution >= 0.6 is 0 Å². The summed E-state index contributed by atoms with van der Waals surface area (Å²) in [7, 11) is 0. The van der Waals surface area contributed by atoms with Crippen LogP contribution in [0.4, 0.5) is 17.1 Å². The number of anilines is 3. The van der Waals surface area contributed by atoms with E-state index < -0.39 is 0 Å². The fourth-order valence-corrected chi connectivity index (χ4v) is 3.97. The lowest BCUT2D eigenvalue weighted by molar-refractivity contribution is 0.589. The lowest BCUT2D eigenvalue weighted by Crippen LogP contribution is -2.22. The van der Waals surface area contributed by atoms with Crippen molar-refractivity contribution in [3.63, 3.8) is 0 Å². The van der Waals surface area contributed by atoms with Gasteiger partial charge in [0, 0.05) is 23.5 Å². The van der Waals surface area contributed by atoms with Gasteiger partial charge in [0.2, 0.25) is 0 Å². The Balaban J connectivity index is 1.96. The molecule has 0 fully saturated rings. The monoisotopic (exact) mass is 369 g/mol. The molecule has 1 heterocycles. The van der Waals surface area contributed by atoms with Crippen molar-refractivity contribution in [3.8, 4) is 0 Å². The Morgan fingerprint density at radius 2 is 1.07 bits per heavy atom. The van der Waals surface area contributed by atoms with Crippen LogP contribution in [0.25, 0.3) is 0 Å². The first kappa shape index (κ1) is 18.8. The molecule has 1 aliphatic rings. The summed E-state index contributed by atoms with van der Waals surface area (Å²) in [6.07, 6.45) is 0.989. The second kappa shape index (κ2) is 6.51. The summed E-state index contributed by atoms with van der Waals surface area (Å²) in [4.78, 5) is 2.46. The molecule has 0 radical (unpaired) electrons. The van der Waals surface area contributed by atoms with Gasteiger partial charge in [0.15, 0.2) is 0 Å². The Labute approximate surface area is 170 Å². The number of nitrogens with zero attached hydrogens (tertiary/aromatic N) is 1. The number of rotatable bonds is 1. The molecule has 4 rings (SSSR count). The average molecular weight is 370 g/mol. The third-order valence-corrected chi connectivity index (χ3v) is 5.78. The Bertz CT molecular complexity index is 937. The molecule has 3 aromatic rings. The molecule has 1 nitrogen and oxygen atoms in total. The predicted octanol–water partition coefficient (Wildman–Crippen LogP) is 7.66. The molecule has 1 aliphatic heterocycles. The van der Waals surface area contributed by atoms with Gasteiger partial charge in [-0.15, -0.1) is 0 Å². The minimum absolute atomic E-state index is 0.130. The van der Waals surface area contributed by atoms with Crippen molar-refractivity contribution in [2.24, 2.45) is 0 Å². The Hall–Kier alpha value is -2.54. The molecule has 0 saturated carbocycles. The van der Waals surface area contributed by atoms with Crippen molar-refractivity contribution < 1.29 is 0 Å².